The first kappa shape index (κ1) is 24.8. The molecule has 0 aromatic carbocycles. The predicted molar refractivity (Wildman–Crippen MR) is 113 cm³/mol. The van der Waals surface area contributed by atoms with E-state index in [1.165, 1.54) is 66.7 Å². The third-order valence-corrected chi connectivity index (χ3v) is 20.8. The van der Waals surface area contributed by atoms with Crippen LogP contribution in [-0.2, 0) is 4.74 Å². The van der Waals surface area contributed by atoms with Crippen molar-refractivity contribution in [3.05, 3.63) is 12.2 Å². The van der Waals surface area contributed by atoms with E-state index in [1.54, 1.807) is 14.1 Å². The van der Waals surface area contributed by atoms with Crippen molar-refractivity contribution < 1.29 is 9.53 Å². The van der Waals surface area contributed by atoms with Gasteiger partial charge in [-0.05, 0) is 0 Å². The van der Waals surface area contributed by atoms with Gasteiger partial charge in [0.25, 0.3) is 0 Å². The summed E-state index contributed by atoms with van der Waals surface area (Å²) in [7, 11) is 3.48. The second-order valence-electron chi connectivity index (χ2n) is 7.82. The average Bonchev–Trinajstić information content (AvgIpc) is 2.60. The fourth-order valence-corrected chi connectivity index (χ4v) is 20.1. The van der Waals surface area contributed by atoms with Crippen LogP contribution in [0.4, 0.5) is 4.79 Å². The maximum atomic E-state index is 12.0. The first-order valence-electron chi connectivity index (χ1n) is 10.4. The summed E-state index contributed by atoms with van der Waals surface area (Å²) >= 11 is -2.26. The van der Waals surface area contributed by atoms with Crippen LogP contribution < -0.4 is 0 Å². The summed E-state index contributed by atoms with van der Waals surface area (Å²) in [5.74, 6) is 0. The molecule has 0 N–H and O–H groups in total. The quantitative estimate of drug-likeness (QED) is 0.209. The van der Waals surface area contributed by atoms with Gasteiger partial charge in [0.05, 0.1) is 0 Å². The van der Waals surface area contributed by atoms with Crippen molar-refractivity contribution in [1.82, 2.24) is 4.90 Å². The van der Waals surface area contributed by atoms with Crippen molar-refractivity contribution in [2.75, 3.05) is 14.1 Å². The van der Waals surface area contributed by atoms with E-state index in [2.05, 4.69) is 34.3 Å². The molecule has 0 radical (unpaired) electrons. The van der Waals surface area contributed by atoms with Gasteiger partial charge in [0, 0.05) is 0 Å². The van der Waals surface area contributed by atoms with E-state index in [1.807, 2.05) is 0 Å². The number of hydrogen-bond donors (Lipinski definition) is 0. The van der Waals surface area contributed by atoms with Gasteiger partial charge in [-0.3, -0.25) is 0 Å². The van der Waals surface area contributed by atoms with Gasteiger partial charge in [-0.1, -0.05) is 0 Å². The van der Waals surface area contributed by atoms with Gasteiger partial charge in [-0.15, -0.1) is 0 Å². The molecule has 1 unspecified atom stereocenters. The van der Waals surface area contributed by atoms with Crippen molar-refractivity contribution >= 4 is 24.5 Å². The Bertz CT molecular complexity index is 360. The number of carbonyl (C=O) groups excluding carboxylic acids is 1. The Morgan fingerprint density at radius 3 is 1.72 bits per heavy atom. The molecule has 4 heteroatoms. The fourth-order valence-electron chi connectivity index (χ4n) is 3.57. The van der Waals surface area contributed by atoms with E-state index in [0.29, 0.717) is 0 Å². The first-order valence-corrected chi connectivity index (χ1v) is 18.5. The van der Waals surface area contributed by atoms with Gasteiger partial charge < -0.3 is 0 Å². The molecular weight excluding hydrogens is 417 g/mol. The Morgan fingerprint density at radius 1 is 0.960 bits per heavy atom. The Morgan fingerprint density at radius 2 is 1.40 bits per heavy atom. The molecule has 0 fully saturated rings. The monoisotopic (exact) mass is 461 g/mol. The van der Waals surface area contributed by atoms with Crippen LogP contribution in [0.5, 0.6) is 0 Å². The number of unbranched alkanes of at least 4 members (excludes halogenated alkanes) is 3. The standard InChI is InChI=1S/C9H16NO2.3C4H9.Sn/c1-6-8(7(2)3)12-9(11)10(4)5;3*1-3-4-2;/h8H,2-3,6H2,1,4-5H3;3*1,3-4H2,2H3;. The van der Waals surface area contributed by atoms with Crippen LogP contribution in [0, 0.1) is 0 Å². The van der Waals surface area contributed by atoms with E-state index in [9.17, 15) is 4.79 Å². The number of rotatable bonds is 14. The van der Waals surface area contributed by atoms with Crippen LogP contribution in [0.25, 0.3) is 0 Å². The SMILES string of the molecule is C=C([CH2][Sn]([CH2]CCC)([CH2]CCC)[CH2]CCC)C(CC)OC(=O)N(C)C. The van der Waals surface area contributed by atoms with E-state index in [-0.39, 0.29) is 12.2 Å². The molecule has 0 spiro atoms. The van der Waals surface area contributed by atoms with Crippen molar-refractivity contribution in [2.24, 2.45) is 0 Å². The topological polar surface area (TPSA) is 29.5 Å². The van der Waals surface area contributed by atoms with Crippen LogP contribution in [-0.4, -0.2) is 49.6 Å². The van der Waals surface area contributed by atoms with Gasteiger partial charge in [0.15, 0.2) is 0 Å². The Kier molecular flexibility index (Phi) is 13.8. The summed E-state index contributed by atoms with van der Waals surface area (Å²) in [6, 6.07) is 0. The van der Waals surface area contributed by atoms with Gasteiger partial charge >= 0.3 is 162 Å². The van der Waals surface area contributed by atoms with E-state index < -0.39 is 18.4 Å². The van der Waals surface area contributed by atoms with Crippen LogP contribution >= 0.6 is 0 Å². The number of ether oxygens (including phenoxy) is 1. The van der Waals surface area contributed by atoms with Gasteiger partial charge in [-0.25, -0.2) is 0 Å². The minimum atomic E-state index is -2.26. The zero-order chi connectivity index (χ0) is 19.3. The third kappa shape index (κ3) is 9.91. The Hall–Kier alpha value is -0.191. The number of hydrogen-bond acceptors (Lipinski definition) is 2. The molecule has 0 aliphatic heterocycles. The molecule has 0 aromatic heterocycles. The van der Waals surface area contributed by atoms with Crippen molar-refractivity contribution in [3.8, 4) is 0 Å². The van der Waals surface area contributed by atoms with Crippen LogP contribution in [0.1, 0.15) is 72.6 Å². The van der Waals surface area contributed by atoms with Gasteiger partial charge in [-0.2, -0.15) is 0 Å². The summed E-state index contributed by atoms with van der Waals surface area (Å²) in [6.07, 6.45) is 8.43. The molecule has 0 rings (SSSR count). The number of nitrogens with zero attached hydrogens (tertiary/aromatic N) is 1. The minimum absolute atomic E-state index is 0.115. The first-order chi connectivity index (χ1) is 11.9. The second kappa shape index (κ2) is 13.9. The average molecular weight is 460 g/mol. The fraction of sp³-hybridized carbons (Fsp3) is 0.857. The van der Waals surface area contributed by atoms with Gasteiger partial charge in [0.2, 0.25) is 0 Å². The second-order valence-corrected chi connectivity index (χ2v) is 21.7. The molecule has 0 aliphatic rings. The van der Waals surface area contributed by atoms with Crippen molar-refractivity contribution in [2.45, 2.75) is 96.5 Å². The van der Waals surface area contributed by atoms with E-state index >= 15 is 0 Å². The maximum absolute atomic E-state index is 12.0. The molecule has 0 heterocycles. The molecule has 3 nitrogen and oxygen atoms in total. The molecule has 0 aliphatic carbocycles. The predicted octanol–water partition coefficient (Wildman–Crippen LogP) is 6.87. The van der Waals surface area contributed by atoms with Gasteiger partial charge in [0.1, 0.15) is 0 Å². The summed E-state index contributed by atoms with van der Waals surface area (Å²) in [4.78, 5) is 13.5. The molecule has 0 aromatic rings. The zero-order valence-electron chi connectivity index (χ0n) is 17.8. The molecular formula is C21H43NO2Sn. The summed E-state index contributed by atoms with van der Waals surface area (Å²) in [5, 5.41) is 0. The van der Waals surface area contributed by atoms with E-state index in [0.717, 1.165) is 6.42 Å². The van der Waals surface area contributed by atoms with Crippen molar-refractivity contribution in [3.63, 3.8) is 0 Å². The van der Waals surface area contributed by atoms with Crippen LogP contribution in [0.15, 0.2) is 12.2 Å². The molecule has 25 heavy (non-hydrogen) atoms. The summed E-state index contributed by atoms with van der Waals surface area (Å²) in [6.45, 7) is 13.4. The molecule has 148 valence electrons. The Labute approximate surface area is 161 Å². The Balaban J connectivity index is 5.18. The summed E-state index contributed by atoms with van der Waals surface area (Å²) < 4.78 is 11.3. The summed E-state index contributed by atoms with van der Waals surface area (Å²) in [5.41, 5.74) is 1.19. The molecule has 1 amide bonds. The van der Waals surface area contributed by atoms with Crippen LogP contribution in [0.2, 0.25) is 17.7 Å². The molecule has 0 bridgehead atoms. The molecule has 0 saturated heterocycles. The van der Waals surface area contributed by atoms with Crippen LogP contribution in [0.3, 0.4) is 0 Å². The number of carbonyl (C=O) groups is 1. The number of amides is 1. The molecule has 1 atom stereocenters. The molecule has 0 saturated carbocycles. The normalized spacial score (nSPS) is 12.7. The van der Waals surface area contributed by atoms with E-state index in [4.69, 9.17) is 4.74 Å². The third-order valence-electron chi connectivity index (χ3n) is 5.22. The van der Waals surface area contributed by atoms with Crippen molar-refractivity contribution in [1.29, 1.82) is 0 Å². The zero-order valence-corrected chi connectivity index (χ0v) is 20.7.